The van der Waals surface area contributed by atoms with E-state index in [1.165, 1.54) is 24.0 Å². The van der Waals surface area contributed by atoms with Gasteiger partial charge >= 0.3 is 0 Å². The first-order valence-electron chi connectivity index (χ1n) is 7.33. The fourth-order valence-electron chi connectivity index (χ4n) is 3.26. The van der Waals surface area contributed by atoms with Crippen molar-refractivity contribution in [2.75, 3.05) is 13.1 Å². The Bertz CT molecular complexity index is 420. The molecular weight excluding hydrogens is 236 g/mol. The Morgan fingerprint density at radius 2 is 2.21 bits per heavy atom. The number of amides is 1. The van der Waals surface area contributed by atoms with E-state index in [1.807, 2.05) is 11.0 Å². The molecule has 0 saturated carbocycles. The molecule has 0 radical (unpaired) electrons. The minimum atomic E-state index is 0.106. The maximum atomic E-state index is 12.1. The van der Waals surface area contributed by atoms with Gasteiger partial charge in [-0.15, -0.1) is 0 Å². The zero-order valence-corrected chi connectivity index (χ0v) is 12.4. The highest BCUT2D eigenvalue weighted by molar-refractivity contribution is 5.88. The van der Waals surface area contributed by atoms with Crippen molar-refractivity contribution in [3.05, 3.63) is 23.3 Å². The lowest BCUT2D eigenvalue weighted by Gasteiger charge is -2.33. The topological polar surface area (TPSA) is 46.3 Å². The highest BCUT2D eigenvalue weighted by Crippen LogP contribution is 2.40. The summed E-state index contributed by atoms with van der Waals surface area (Å²) in [6.07, 6.45) is 8.32. The van der Waals surface area contributed by atoms with Gasteiger partial charge in [-0.2, -0.15) is 0 Å². The summed E-state index contributed by atoms with van der Waals surface area (Å²) < 4.78 is 0. The molecule has 0 aromatic rings. The lowest BCUT2D eigenvalue weighted by molar-refractivity contribution is -0.125. The van der Waals surface area contributed by atoms with Crippen molar-refractivity contribution in [3.63, 3.8) is 0 Å². The maximum absolute atomic E-state index is 12.1. The van der Waals surface area contributed by atoms with Gasteiger partial charge in [-0.05, 0) is 43.6 Å². The zero-order valence-electron chi connectivity index (χ0n) is 12.4. The maximum Gasteiger partial charge on any atom is 0.246 e. The molecule has 1 aliphatic carbocycles. The minimum absolute atomic E-state index is 0.106. The van der Waals surface area contributed by atoms with Crippen LogP contribution in [0.2, 0.25) is 0 Å². The first kappa shape index (κ1) is 14.3. The number of nitrogens with two attached hydrogens (primary N) is 1. The Balaban J connectivity index is 2.07. The first-order chi connectivity index (χ1) is 8.90. The van der Waals surface area contributed by atoms with Crippen LogP contribution in [0.3, 0.4) is 0 Å². The molecular formula is C16H26N2O. The molecule has 1 amide bonds. The second-order valence-corrected chi connectivity index (χ2v) is 6.60. The fourth-order valence-corrected chi connectivity index (χ4v) is 3.26. The lowest BCUT2D eigenvalue weighted by atomic mass is 9.72. The molecule has 2 rings (SSSR count). The third kappa shape index (κ3) is 3.27. The molecule has 0 aromatic heterocycles. The van der Waals surface area contributed by atoms with E-state index in [-0.39, 0.29) is 17.4 Å². The predicted molar refractivity (Wildman–Crippen MR) is 78.6 cm³/mol. The zero-order chi connectivity index (χ0) is 14.0. The highest BCUT2D eigenvalue weighted by atomic mass is 16.2. The number of allylic oxidation sites excluding steroid dienone is 3. The Hall–Kier alpha value is -1.09. The summed E-state index contributed by atoms with van der Waals surface area (Å²) >= 11 is 0. The average Bonchev–Trinajstić information content (AvgIpc) is 2.74. The van der Waals surface area contributed by atoms with Crippen molar-refractivity contribution in [2.45, 2.75) is 52.5 Å². The average molecular weight is 262 g/mol. The third-order valence-electron chi connectivity index (χ3n) is 4.47. The Kier molecular flexibility index (Phi) is 4.14. The Labute approximate surface area is 116 Å². The summed E-state index contributed by atoms with van der Waals surface area (Å²) in [6.45, 7) is 8.23. The van der Waals surface area contributed by atoms with Gasteiger partial charge in [0.05, 0.1) is 0 Å². The molecule has 0 aromatic carbocycles. The molecule has 0 spiro atoms. The van der Waals surface area contributed by atoms with Crippen LogP contribution in [-0.2, 0) is 4.79 Å². The summed E-state index contributed by atoms with van der Waals surface area (Å²) in [5.41, 5.74) is 8.81. The van der Waals surface area contributed by atoms with Gasteiger partial charge in [0.2, 0.25) is 5.91 Å². The largest absolute Gasteiger partial charge is 0.338 e. The summed E-state index contributed by atoms with van der Waals surface area (Å²) in [6, 6.07) is 0.157. The van der Waals surface area contributed by atoms with Crippen LogP contribution in [0.1, 0.15) is 46.5 Å². The molecule has 1 atom stereocenters. The number of hydrogen-bond acceptors (Lipinski definition) is 2. The molecule has 3 heteroatoms. The summed E-state index contributed by atoms with van der Waals surface area (Å²) in [7, 11) is 0. The second kappa shape index (κ2) is 5.49. The van der Waals surface area contributed by atoms with Crippen LogP contribution < -0.4 is 5.73 Å². The van der Waals surface area contributed by atoms with Gasteiger partial charge in [0, 0.05) is 25.2 Å². The second-order valence-electron chi connectivity index (χ2n) is 6.60. The van der Waals surface area contributed by atoms with Crippen molar-refractivity contribution in [1.82, 2.24) is 4.90 Å². The van der Waals surface area contributed by atoms with E-state index in [0.29, 0.717) is 6.54 Å². The smallest absolute Gasteiger partial charge is 0.246 e. The van der Waals surface area contributed by atoms with Gasteiger partial charge in [-0.3, -0.25) is 4.79 Å². The van der Waals surface area contributed by atoms with Crippen LogP contribution in [0.15, 0.2) is 23.3 Å². The molecule has 0 unspecified atom stereocenters. The van der Waals surface area contributed by atoms with Gasteiger partial charge in [0.1, 0.15) is 0 Å². The number of likely N-dealkylation sites (tertiary alicyclic amines) is 1. The molecule has 106 valence electrons. The molecule has 2 aliphatic rings. The Morgan fingerprint density at radius 3 is 2.79 bits per heavy atom. The van der Waals surface area contributed by atoms with Gasteiger partial charge in [-0.25, -0.2) is 0 Å². The van der Waals surface area contributed by atoms with Crippen molar-refractivity contribution in [1.29, 1.82) is 0 Å². The predicted octanol–water partition coefficient (Wildman–Crippen LogP) is 2.63. The van der Waals surface area contributed by atoms with E-state index in [0.717, 1.165) is 19.4 Å². The molecule has 2 N–H and O–H groups in total. The fraction of sp³-hybridized carbons (Fsp3) is 0.688. The molecule has 1 heterocycles. The van der Waals surface area contributed by atoms with E-state index in [4.69, 9.17) is 5.73 Å². The number of carbonyl (C=O) groups is 1. The highest BCUT2D eigenvalue weighted by Gasteiger charge is 2.27. The van der Waals surface area contributed by atoms with Crippen molar-refractivity contribution >= 4 is 5.91 Å². The van der Waals surface area contributed by atoms with Crippen LogP contribution in [0, 0.1) is 5.41 Å². The molecule has 1 fully saturated rings. The third-order valence-corrected chi connectivity index (χ3v) is 4.47. The molecule has 19 heavy (non-hydrogen) atoms. The standard InChI is InChI=1S/C16H26N2O/c1-12-5-4-9-16(2,3)14(12)6-7-15(19)18-10-8-13(17)11-18/h6-7,13H,4-5,8-11,17H2,1-3H3/t13-/m0/s1. The van der Waals surface area contributed by atoms with Crippen LogP contribution >= 0.6 is 0 Å². The van der Waals surface area contributed by atoms with Crippen LogP contribution in [0.4, 0.5) is 0 Å². The van der Waals surface area contributed by atoms with Crippen LogP contribution in [0.25, 0.3) is 0 Å². The molecule has 1 aliphatic heterocycles. The molecule has 3 nitrogen and oxygen atoms in total. The number of rotatable bonds is 2. The van der Waals surface area contributed by atoms with Crippen molar-refractivity contribution in [3.8, 4) is 0 Å². The Morgan fingerprint density at radius 1 is 1.47 bits per heavy atom. The normalized spacial score (nSPS) is 27.4. The summed E-state index contributed by atoms with van der Waals surface area (Å²) in [5.74, 6) is 0.106. The SMILES string of the molecule is CC1=C(C=CC(=O)N2CC[C@H](N)C2)C(C)(C)CCC1. The summed E-state index contributed by atoms with van der Waals surface area (Å²) in [4.78, 5) is 14.0. The van der Waals surface area contributed by atoms with Crippen LogP contribution in [-0.4, -0.2) is 29.9 Å². The number of nitrogens with zero attached hydrogens (tertiary/aromatic N) is 1. The first-order valence-corrected chi connectivity index (χ1v) is 7.33. The van der Waals surface area contributed by atoms with Crippen molar-refractivity contribution in [2.24, 2.45) is 11.1 Å². The van der Waals surface area contributed by atoms with Crippen molar-refractivity contribution < 1.29 is 4.79 Å². The quantitative estimate of drug-likeness (QED) is 0.778. The monoisotopic (exact) mass is 262 g/mol. The van der Waals surface area contributed by atoms with E-state index >= 15 is 0 Å². The van der Waals surface area contributed by atoms with E-state index in [1.54, 1.807) is 6.08 Å². The van der Waals surface area contributed by atoms with E-state index in [9.17, 15) is 4.79 Å². The molecule has 1 saturated heterocycles. The van der Waals surface area contributed by atoms with Gasteiger partial charge < -0.3 is 10.6 Å². The van der Waals surface area contributed by atoms with Crippen LogP contribution in [0.5, 0.6) is 0 Å². The summed E-state index contributed by atoms with van der Waals surface area (Å²) in [5, 5.41) is 0. The number of carbonyl (C=O) groups excluding carboxylic acids is 1. The van der Waals surface area contributed by atoms with Gasteiger partial charge in [0.15, 0.2) is 0 Å². The number of hydrogen-bond donors (Lipinski definition) is 1. The van der Waals surface area contributed by atoms with E-state index < -0.39 is 0 Å². The van der Waals surface area contributed by atoms with E-state index in [2.05, 4.69) is 20.8 Å². The molecule has 0 bridgehead atoms. The lowest BCUT2D eigenvalue weighted by Crippen LogP contribution is -2.30. The minimum Gasteiger partial charge on any atom is -0.338 e. The van der Waals surface area contributed by atoms with Gasteiger partial charge in [-0.1, -0.05) is 25.5 Å². The van der Waals surface area contributed by atoms with Gasteiger partial charge in [0.25, 0.3) is 0 Å².